The molecule has 0 spiro atoms. The zero-order valence-corrected chi connectivity index (χ0v) is 18.4. The molecule has 0 radical (unpaired) electrons. The first-order chi connectivity index (χ1) is 15.8. The number of nitrogens with two attached hydrogens (primary N) is 1. The second-order valence-electron chi connectivity index (χ2n) is 7.37. The summed E-state index contributed by atoms with van der Waals surface area (Å²) in [6.45, 7) is 2.84. The maximum absolute atomic E-state index is 13.6. The summed E-state index contributed by atoms with van der Waals surface area (Å²) in [5.41, 5.74) is 6.10. The number of nitrogens with zero attached hydrogens (tertiary/aromatic N) is 2. The Morgan fingerprint density at radius 3 is 2.24 bits per heavy atom. The number of methoxy groups -OCH3 is 1. The summed E-state index contributed by atoms with van der Waals surface area (Å²) in [6.07, 6.45) is -0.991. The largest absolute Gasteiger partial charge is 0.496 e. The summed E-state index contributed by atoms with van der Waals surface area (Å²) in [5.74, 6) is -0.0186. The number of hydrogen-bond acceptors (Lipinski definition) is 8. The number of ketones is 1. The molecule has 1 heterocycles. The number of carbonyl (C=O) groups excluding carboxylic acids is 3. The van der Waals surface area contributed by atoms with Crippen molar-refractivity contribution < 1.29 is 33.8 Å². The number of benzene rings is 2. The van der Waals surface area contributed by atoms with Gasteiger partial charge in [0, 0.05) is 42.5 Å². The summed E-state index contributed by atoms with van der Waals surface area (Å²) in [5, 5.41) is 10.5. The number of rotatable bonds is 7. The minimum absolute atomic E-state index is 0.0607. The molecule has 10 nitrogen and oxygen atoms in total. The summed E-state index contributed by atoms with van der Waals surface area (Å²) in [7, 11) is 1.38. The molecule has 2 aromatic rings. The van der Waals surface area contributed by atoms with Gasteiger partial charge in [0.2, 0.25) is 5.78 Å². The maximum atomic E-state index is 13.6. The van der Waals surface area contributed by atoms with E-state index in [9.17, 15) is 24.3 Å². The van der Waals surface area contributed by atoms with E-state index in [4.69, 9.17) is 15.2 Å². The van der Waals surface area contributed by atoms with Crippen LogP contribution < -0.4 is 10.5 Å². The van der Waals surface area contributed by atoms with Gasteiger partial charge < -0.3 is 30.1 Å². The van der Waals surface area contributed by atoms with Crippen LogP contribution in [0.1, 0.15) is 22.8 Å². The molecule has 0 saturated carbocycles. The number of piperazine rings is 1. The van der Waals surface area contributed by atoms with Gasteiger partial charge >= 0.3 is 12.1 Å². The highest BCUT2D eigenvalue weighted by Crippen LogP contribution is 2.39. The number of carboxylic acids is 1. The first-order valence-electron chi connectivity index (χ1n) is 10.4. The fourth-order valence-electron chi connectivity index (χ4n) is 4.00. The third kappa shape index (κ3) is 4.61. The van der Waals surface area contributed by atoms with E-state index in [1.165, 1.54) is 16.9 Å². The minimum Gasteiger partial charge on any atom is -0.496 e. The zero-order valence-electron chi connectivity index (χ0n) is 18.4. The molecular formula is C23H25N3O7. The summed E-state index contributed by atoms with van der Waals surface area (Å²) < 4.78 is 10.5. The highest BCUT2D eigenvalue weighted by Gasteiger charge is 2.32. The molecule has 1 aliphatic rings. The molecular weight excluding hydrogens is 430 g/mol. The van der Waals surface area contributed by atoms with Gasteiger partial charge in [-0.1, -0.05) is 24.3 Å². The quantitative estimate of drug-likeness (QED) is 0.276. The monoisotopic (exact) mass is 455 g/mol. The molecule has 0 unspecified atom stereocenters. The molecule has 1 saturated heterocycles. The van der Waals surface area contributed by atoms with E-state index < -0.39 is 24.3 Å². The van der Waals surface area contributed by atoms with Crippen molar-refractivity contribution in [2.24, 2.45) is 0 Å². The number of fused-ring (bicyclic) bond motifs is 1. The second-order valence-corrected chi connectivity index (χ2v) is 7.37. The average Bonchev–Trinajstić information content (AvgIpc) is 2.80. The van der Waals surface area contributed by atoms with E-state index in [2.05, 4.69) is 0 Å². The van der Waals surface area contributed by atoms with Gasteiger partial charge in [0.25, 0.3) is 0 Å². The van der Waals surface area contributed by atoms with Crippen LogP contribution in [0.2, 0.25) is 0 Å². The zero-order chi connectivity index (χ0) is 24.1. The molecule has 3 N–H and O–H groups in total. The lowest BCUT2D eigenvalue weighted by Gasteiger charge is -2.35. The van der Waals surface area contributed by atoms with Crippen molar-refractivity contribution in [3.8, 4) is 5.75 Å². The van der Waals surface area contributed by atoms with Crippen molar-refractivity contribution in [2.75, 3.05) is 45.6 Å². The SMILES string of the molecule is CCOC(=O)N1CCN(C(=C=O)C(=O)c2c(CC(=O)O)c(OC)c3ccccc3c2N)CC1. The third-order valence-corrected chi connectivity index (χ3v) is 5.50. The lowest BCUT2D eigenvalue weighted by Crippen LogP contribution is -2.49. The number of amides is 1. The number of Topliss-reactive ketones (excluding diaryl/α,β-unsaturated/α-hetero) is 1. The van der Waals surface area contributed by atoms with Crippen molar-refractivity contribution in [3.63, 3.8) is 0 Å². The Morgan fingerprint density at radius 2 is 1.70 bits per heavy atom. The average molecular weight is 455 g/mol. The van der Waals surface area contributed by atoms with Gasteiger partial charge in [-0.05, 0) is 6.92 Å². The second kappa shape index (κ2) is 10.1. The standard InChI is InChI=1S/C23H25N3O7/c1-3-33-23(31)26-10-8-25(9-11-26)17(13-27)21(30)19-16(12-18(28)29)22(32-2)15-7-5-4-6-14(15)20(19)24/h4-7H,3,8-12,24H2,1-2H3,(H,28,29). The molecule has 2 aromatic carbocycles. The van der Waals surface area contributed by atoms with Crippen LogP contribution in [0.4, 0.5) is 10.5 Å². The van der Waals surface area contributed by atoms with Crippen LogP contribution in [0, 0.1) is 0 Å². The highest BCUT2D eigenvalue weighted by molar-refractivity contribution is 6.21. The van der Waals surface area contributed by atoms with Gasteiger partial charge in [-0.3, -0.25) is 9.59 Å². The Morgan fingerprint density at radius 1 is 1.09 bits per heavy atom. The highest BCUT2D eigenvalue weighted by atomic mass is 16.6. The topological polar surface area (TPSA) is 139 Å². The lowest BCUT2D eigenvalue weighted by atomic mass is 9.91. The number of nitrogen functional groups attached to an aromatic ring is 1. The van der Waals surface area contributed by atoms with Crippen molar-refractivity contribution in [3.05, 3.63) is 41.1 Å². The number of allylic oxidation sites excluding steroid dienone is 1. The lowest BCUT2D eigenvalue weighted by molar-refractivity contribution is -0.136. The molecule has 3 rings (SSSR count). The van der Waals surface area contributed by atoms with E-state index in [1.807, 2.05) is 0 Å². The van der Waals surface area contributed by atoms with Gasteiger partial charge in [0.1, 0.15) is 5.75 Å². The predicted molar refractivity (Wildman–Crippen MR) is 120 cm³/mol. The molecule has 174 valence electrons. The summed E-state index contributed by atoms with van der Waals surface area (Å²) in [4.78, 5) is 52.0. The number of ether oxygens (including phenoxy) is 2. The van der Waals surface area contributed by atoms with Gasteiger partial charge in [-0.2, -0.15) is 0 Å². The maximum Gasteiger partial charge on any atom is 0.409 e. The predicted octanol–water partition coefficient (Wildman–Crippen LogP) is 1.73. The van der Waals surface area contributed by atoms with Crippen molar-refractivity contribution in [2.45, 2.75) is 13.3 Å². The fraction of sp³-hybridized carbons (Fsp3) is 0.348. The van der Waals surface area contributed by atoms with Crippen LogP contribution in [0.25, 0.3) is 10.8 Å². The van der Waals surface area contributed by atoms with Crippen molar-refractivity contribution in [1.82, 2.24) is 9.80 Å². The smallest absolute Gasteiger partial charge is 0.409 e. The molecule has 1 fully saturated rings. The van der Waals surface area contributed by atoms with Crippen LogP contribution in [-0.4, -0.2) is 78.6 Å². The Hall–Kier alpha value is -4.04. The van der Waals surface area contributed by atoms with Crippen LogP contribution in [0.15, 0.2) is 30.0 Å². The van der Waals surface area contributed by atoms with Crippen molar-refractivity contribution in [1.29, 1.82) is 0 Å². The van der Waals surface area contributed by atoms with Gasteiger partial charge in [0.15, 0.2) is 11.6 Å². The fourth-order valence-corrected chi connectivity index (χ4v) is 4.00. The molecule has 0 atom stereocenters. The molecule has 1 amide bonds. The normalized spacial score (nSPS) is 13.4. The van der Waals surface area contributed by atoms with Crippen molar-refractivity contribution >= 4 is 40.2 Å². The summed E-state index contributed by atoms with van der Waals surface area (Å²) >= 11 is 0. The van der Waals surface area contributed by atoms with Crippen LogP contribution in [0.5, 0.6) is 5.75 Å². The van der Waals surface area contributed by atoms with E-state index in [-0.39, 0.29) is 61.0 Å². The Balaban J connectivity index is 2.03. The Labute approximate surface area is 190 Å². The number of carboxylic acid groups (broad SMARTS) is 1. The summed E-state index contributed by atoms with van der Waals surface area (Å²) in [6, 6.07) is 6.89. The molecule has 10 heteroatoms. The molecule has 0 bridgehead atoms. The van der Waals surface area contributed by atoms with E-state index in [0.29, 0.717) is 10.8 Å². The minimum atomic E-state index is -1.18. The molecule has 33 heavy (non-hydrogen) atoms. The van der Waals surface area contributed by atoms with Crippen LogP contribution >= 0.6 is 0 Å². The molecule has 0 aliphatic carbocycles. The van der Waals surface area contributed by atoms with Gasteiger partial charge in [0.05, 0.1) is 31.4 Å². The number of anilines is 1. The van der Waals surface area contributed by atoms with Crippen LogP contribution in [-0.2, 0) is 20.7 Å². The third-order valence-electron chi connectivity index (χ3n) is 5.50. The van der Waals surface area contributed by atoms with E-state index in [0.717, 1.165) is 0 Å². The van der Waals surface area contributed by atoms with E-state index >= 15 is 0 Å². The van der Waals surface area contributed by atoms with Crippen LogP contribution in [0.3, 0.4) is 0 Å². The number of hydrogen-bond donors (Lipinski definition) is 2. The van der Waals surface area contributed by atoms with Gasteiger partial charge in [-0.25, -0.2) is 9.59 Å². The molecule has 0 aromatic heterocycles. The molecule has 1 aliphatic heterocycles. The van der Waals surface area contributed by atoms with Gasteiger partial charge in [-0.15, -0.1) is 0 Å². The number of aliphatic carboxylic acids is 1. The Bertz CT molecular complexity index is 1150. The Kier molecular flexibility index (Phi) is 7.20. The van der Waals surface area contributed by atoms with E-state index in [1.54, 1.807) is 37.1 Å². The first-order valence-corrected chi connectivity index (χ1v) is 10.4. The number of carbonyl (C=O) groups is 3. The first kappa shape index (κ1) is 23.6.